The van der Waals surface area contributed by atoms with Gasteiger partial charge in [0.2, 0.25) is 11.8 Å². The van der Waals surface area contributed by atoms with Gasteiger partial charge < -0.3 is 19.6 Å². The van der Waals surface area contributed by atoms with E-state index in [0.29, 0.717) is 26.1 Å². The number of fused-ring (bicyclic) bond motifs is 2. The van der Waals surface area contributed by atoms with E-state index in [1.165, 1.54) is 16.7 Å². The number of hydrogen-bond acceptors (Lipinski definition) is 6. The summed E-state index contributed by atoms with van der Waals surface area (Å²) in [6, 6.07) is -0.728. The second-order valence-corrected chi connectivity index (χ2v) is 10.4. The number of unbranched alkanes of at least 4 members (excludes halogenated alkanes) is 1. The fourth-order valence-electron chi connectivity index (χ4n) is 5.43. The molecule has 4 aliphatic rings. The zero-order valence-corrected chi connectivity index (χ0v) is 18.4. The molecule has 1 N–H and O–H groups in total. The van der Waals surface area contributed by atoms with Crippen molar-refractivity contribution < 1.29 is 24.2 Å². The van der Waals surface area contributed by atoms with Crippen LogP contribution in [-0.4, -0.2) is 81.1 Å². The number of carbonyl (C=O) groups is 3. The number of hydrogen-bond donors (Lipinski definition) is 1. The number of esters is 1. The Morgan fingerprint density at radius 3 is 2.70 bits per heavy atom. The average molecular weight is 435 g/mol. The lowest BCUT2D eigenvalue weighted by atomic mass is 9.74. The lowest BCUT2D eigenvalue weighted by Gasteiger charge is -2.36. The molecule has 1 unspecified atom stereocenters. The number of ether oxygens (including phenoxy) is 1. The number of amides is 2. The van der Waals surface area contributed by atoms with Crippen molar-refractivity contribution in [3.05, 3.63) is 24.3 Å². The second-order valence-electron chi connectivity index (χ2n) is 8.65. The van der Waals surface area contributed by atoms with Crippen LogP contribution in [-0.2, 0) is 19.1 Å². The number of nitrogens with zero attached hydrogens (tertiary/aromatic N) is 2. The van der Waals surface area contributed by atoms with Gasteiger partial charge in [-0.1, -0.05) is 37.6 Å². The number of likely N-dealkylation sites (tertiary alicyclic amines) is 1. The van der Waals surface area contributed by atoms with Gasteiger partial charge in [0.1, 0.15) is 6.04 Å². The molecule has 164 valence electrons. The van der Waals surface area contributed by atoms with E-state index >= 15 is 0 Å². The summed E-state index contributed by atoms with van der Waals surface area (Å²) in [7, 11) is 0. The lowest BCUT2D eigenvalue weighted by Crippen LogP contribution is -2.54. The van der Waals surface area contributed by atoms with Crippen molar-refractivity contribution in [1.82, 2.24) is 9.80 Å². The Morgan fingerprint density at radius 2 is 1.97 bits per heavy atom. The van der Waals surface area contributed by atoms with Crippen molar-refractivity contribution >= 4 is 29.5 Å². The van der Waals surface area contributed by atoms with Crippen LogP contribution in [0.4, 0.5) is 0 Å². The van der Waals surface area contributed by atoms with Crippen LogP contribution in [0, 0.1) is 11.8 Å². The molecule has 2 saturated heterocycles. The van der Waals surface area contributed by atoms with Gasteiger partial charge >= 0.3 is 5.97 Å². The molecule has 4 aliphatic heterocycles. The van der Waals surface area contributed by atoms with Crippen molar-refractivity contribution in [2.45, 2.75) is 48.6 Å². The summed E-state index contributed by atoms with van der Waals surface area (Å²) in [5.41, 5.74) is 0. The highest BCUT2D eigenvalue weighted by atomic mass is 32.2. The van der Waals surface area contributed by atoms with Gasteiger partial charge in [-0.05, 0) is 19.8 Å². The zero-order valence-electron chi connectivity index (χ0n) is 17.6. The molecule has 0 aromatic carbocycles. The quantitative estimate of drug-likeness (QED) is 0.520. The Balaban J connectivity index is 1.83. The number of aliphatic hydroxyl groups excluding tert-OH is 1. The van der Waals surface area contributed by atoms with Gasteiger partial charge in [0.05, 0.1) is 29.8 Å². The first kappa shape index (κ1) is 21.4. The number of aliphatic hydroxyl groups is 1. The number of cyclic esters (lactones) is 1. The van der Waals surface area contributed by atoms with Crippen LogP contribution < -0.4 is 0 Å². The highest BCUT2D eigenvalue weighted by Gasteiger charge is 2.73. The molecule has 0 aromatic heterocycles. The molecule has 4 rings (SSSR count). The van der Waals surface area contributed by atoms with Gasteiger partial charge in [-0.15, -0.1) is 11.8 Å². The van der Waals surface area contributed by atoms with Crippen LogP contribution in [0.15, 0.2) is 24.3 Å². The van der Waals surface area contributed by atoms with E-state index in [1.54, 1.807) is 4.90 Å². The van der Waals surface area contributed by atoms with E-state index in [4.69, 9.17) is 4.74 Å². The first-order chi connectivity index (χ1) is 14.4. The second kappa shape index (κ2) is 8.04. The van der Waals surface area contributed by atoms with E-state index < -0.39 is 27.4 Å². The van der Waals surface area contributed by atoms with Crippen LogP contribution in [0.1, 0.15) is 33.1 Å². The van der Waals surface area contributed by atoms with Gasteiger partial charge in [-0.25, -0.2) is 0 Å². The zero-order chi connectivity index (χ0) is 21.5. The summed E-state index contributed by atoms with van der Waals surface area (Å²) in [5.74, 6) is -2.07. The maximum absolute atomic E-state index is 13.7. The van der Waals surface area contributed by atoms with Gasteiger partial charge in [-0.3, -0.25) is 14.4 Å². The molecule has 0 aliphatic carbocycles. The predicted octanol–water partition coefficient (Wildman–Crippen LogP) is 1.37. The molecule has 4 heterocycles. The fourth-order valence-corrected chi connectivity index (χ4v) is 7.59. The van der Waals surface area contributed by atoms with Crippen LogP contribution in [0.2, 0.25) is 0 Å². The van der Waals surface area contributed by atoms with Gasteiger partial charge in [0.25, 0.3) is 0 Å². The van der Waals surface area contributed by atoms with E-state index in [9.17, 15) is 19.5 Å². The first-order valence-corrected chi connectivity index (χ1v) is 11.6. The van der Waals surface area contributed by atoms with Crippen molar-refractivity contribution in [3.63, 3.8) is 0 Å². The molecule has 2 amide bonds. The maximum Gasteiger partial charge on any atom is 0.311 e. The van der Waals surface area contributed by atoms with E-state index in [1.807, 2.05) is 31.2 Å². The molecule has 1 spiro atoms. The largest absolute Gasteiger partial charge is 0.465 e. The molecule has 7 nitrogen and oxygen atoms in total. The summed E-state index contributed by atoms with van der Waals surface area (Å²) < 4.78 is 4.00. The van der Waals surface area contributed by atoms with Crippen molar-refractivity contribution in [2.75, 3.05) is 32.8 Å². The third-order valence-corrected chi connectivity index (χ3v) is 8.52. The number of thioether (sulfide) groups is 1. The Labute approximate surface area is 181 Å². The third-order valence-electron chi connectivity index (χ3n) is 6.73. The average Bonchev–Trinajstić information content (AvgIpc) is 3.01. The number of β-amino-alcohol motifs (C(OH)–C–C–N with tert-alkyl or cyclic N) is 1. The Hall–Kier alpha value is -1.80. The van der Waals surface area contributed by atoms with E-state index in [0.717, 1.165) is 12.8 Å². The Morgan fingerprint density at radius 1 is 1.17 bits per heavy atom. The van der Waals surface area contributed by atoms with Gasteiger partial charge in [-0.2, -0.15) is 0 Å². The minimum Gasteiger partial charge on any atom is -0.465 e. The van der Waals surface area contributed by atoms with Crippen LogP contribution in [0.3, 0.4) is 0 Å². The van der Waals surface area contributed by atoms with E-state index in [-0.39, 0.29) is 30.9 Å². The molecule has 0 aromatic rings. The standard InChI is InChI=1S/C22H30N2O5S/c1-3-4-10-23-11-7-9-22-15(18(26)24(12-13-25)17(22)19(23)27)16-20(28)29-14-6-5-8-21(16,2)30-22/h5,7-9,15-17,25H,3-4,6,10-14H2,1-2H3/t15-,16+,17?,21-,22-/m0/s1. The van der Waals surface area contributed by atoms with Crippen LogP contribution in [0.25, 0.3) is 0 Å². The van der Waals surface area contributed by atoms with Crippen LogP contribution >= 0.6 is 11.8 Å². The number of carbonyl (C=O) groups excluding carboxylic acids is 3. The molecule has 2 fully saturated rings. The molecule has 0 saturated carbocycles. The topological polar surface area (TPSA) is 87.2 Å². The summed E-state index contributed by atoms with van der Waals surface area (Å²) in [5, 5.41) is 9.63. The van der Waals surface area contributed by atoms with Crippen molar-refractivity contribution in [2.24, 2.45) is 11.8 Å². The summed E-state index contributed by atoms with van der Waals surface area (Å²) >= 11 is 1.54. The molecule has 30 heavy (non-hydrogen) atoms. The predicted molar refractivity (Wildman–Crippen MR) is 114 cm³/mol. The first-order valence-electron chi connectivity index (χ1n) is 10.8. The Bertz CT molecular complexity index is 798. The van der Waals surface area contributed by atoms with Gasteiger partial charge in [0.15, 0.2) is 0 Å². The SMILES string of the molecule is CCCCN1CC=C[C@]23S[C@@]4(C)C=CCCOC(=O)[C@H]4[C@H]2C(=O)N(CCO)C3C1=O. The van der Waals surface area contributed by atoms with E-state index in [2.05, 4.69) is 6.92 Å². The monoisotopic (exact) mass is 434 g/mol. The van der Waals surface area contributed by atoms with Crippen molar-refractivity contribution in [3.8, 4) is 0 Å². The normalized spacial score (nSPS) is 38.0. The summed E-state index contributed by atoms with van der Waals surface area (Å²) in [4.78, 5) is 43.7. The highest BCUT2D eigenvalue weighted by molar-refractivity contribution is 8.02. The molecule has 8 heteroatoms. The smallest absolute Gasteiger partial charge is 0.311 e. The summed E-state index contributed by atoms with van der Waals surface area (Å²) in [6.07, 6.45) is 10.5. The minimum absolute atomic E-state index is 0.0812. The molecular formula is C22H30N2O5S. The summed E-state index contributed by atoms with van der Waals surface area (Å²) in [6.45, 7) is 5.32. The molecule has 0 bridgehead atoms. The maximum atomic E-state index is 13.7. The number of rotatable bonds is 5. The molecule has 0 radical (unpaired) electrons. The third kappa shape index (κ3) is 3.11. The minimum atomic E-state index is -0.850. The highest BCUT2D eigenvalue weighted by Crippen LogP contribution is 2.65. The molecular weight excluding hydrogens is 404 g/mol. The molecule has 5 atom stereocenters. The fraction of sp³-hybridized carbons (Fsp3) is 0.682. The lowest BCUT2D eigenvalue weighted by molar-refractivity contribution is -0.154. The Kier molecular flexibility index (Phi) is 5.74. The van der Waals surface area contributed by atoms with Crippen molar-refractivity contribution in [1.29, 1.82) is 0 Å². The van der Waals surface area contributed by atoms with Crippen LogP contribution in [0.5, 0.6) is 0 Å². The van der Waals surface area contributed by atoms with Gasteiger partial charge in [0, 0.05) is 24.4 Å².